The van der Waals surface area contributed by atoms with E-state index in [4.69, 9.17) is 9.47 Å². The van der Waals surface area contributed by atoms with Gasteiger partial charge >= 0.3 is 0 Å². The molecule has 6 heteroatoms. The lowest BCUT2D eigenvalue weighted by Gasteiger charge is -2.10. The number of para-hydroxylation sites is 1. The number of fused-ring (bicyclic) bond motifs is 1. The number of benzene rings is 1. The van der Waals surface area contributed by atoms with Gasteiger partial charge in [0.2, 0.25) is 0 Å². The van der Waals surface area contributed by atoms with Gasteiger partial charge in [-0.1, -0.05) is 25.0 Å². The van der Waals surface area contributed by atoms with E-state index in [2.05, 4.69) is 10.3 Å². The molecule has 0 atom stereocenters. The van der Waals surface area contributed by atoms with Gasteiger partial charge in [0.25, 0.3) is 5.91 Å². The van der Waals surface area contributed by atoms with Crippen LogP contribution in [0.2, 0.25) is 0 Å². The highest BCUT2D eigenvalue weighted by atomic mass is 32.1. The number of nitrogens with one attached hydrogen (secondary N) is 1. The van der Waals surface area contributed by atoms with Crippen LogP contribution in [0.3, 0.4) is 0 Å². The van der Waals surface area contributed by atoms with Gasteiger partial charge in [-0.3, -0.25) is 10.1 Å². The third kappa shape index (κ3) is 5.05. The molecule has 1 aliphatic carbocycles. The number of hydrogen-bond donors (Lipinski definition) is 1. The van der Waals surface area contributed by atoms with Crippen LogP contribution >= 0.6 is 11.3 Å². The Bertz CT molecular complexity index is 704. The van der Waals surface area contributed by atoms with Crippen molar-refractivity contribution in [2.45, 2.75) is 45.4 Å². The van der Waals surface area contributed by atoms with Crippen LogP contribution in [0.25, 0.3) is 0 Å². The summed E-state index contributed by atoms with van der Waals surface area (Å²) in [4.78, 5) is 18.7. The van der Waals surface area contributed by atoms with Gasteiger partial charge in [0.15, 0.2) is 5.13 Å². The third-order valence-corrected chi connectivity index (χ3v) is 5.46. The van der Waals surface area contributed by atoms with Gasteiger partial charge in [-0.05, 0) is 44.7 Å². The predicted octanol–water partition coefficient (Wildman–Crippen LogP) is 4.47. The van der Waals surface area contributed by atoms with Crippen molar-refractivity contribution in [2.75, 3.05) is 25.1 Å². The molecule has 0 unspecified atom stereocenters. The van der Waals surface area contributed by atoms with Gasteiger partial charge in [0, 0.05) is 11.5 Å². The fraction of sp³-hybridized carbons (Fsp3) is 0.500. The van der Waals surface area contributed by atoms with Gasteiger partial charge < -0.3 is 9.47 Å². The molecule has 1 aromatic heterocycles. The van der Waals surface area contributed by atoms with E-state index in [1.165, 1.54) is 30.6 Å². The molecule has 0 fully saturated rings. The predicted molar refractivity (Wildman–Crippen MR) is 104 cm³/mol. The number of nitrogens with zero attached hydrogens (tertiary/aromatic N) is 1. The highest BCUT2D eigenvalue weighted by Gasteiger charge is 2.17. The third-order valence-electron chi connectivity index (χ3n) is 4.39. The Morgan fingerprint density at radius 2 is 1.96 bits per heavy atom. The molecule has 1 N–H and O–H groups in total. The first-order valence-electron chi connectivity index (χ1n) is 9.37. The summed E-state index contributed by atoms with van der Waals surface area (Å²) in [7, 11) is 0. The van der Waals surface area contributed by atoms with Crippen LogP contribution in [-0.2, 0) is 17.6 Å². The van der Waals surface area contributed by atoms with E-state index in [0.717, 1.165) is 18.5 Å². The molecule has 1 amide bonds. The molecule has 3 rings (SSSR count). The average Bonchev–Trinajstić information content (AvgIpc) is 2.99. The molecular weight excluding hydrogens is 348 g/mol. The fourth-order valence-electron chi connectivity index (χ4n) is 3.06. The summed E-state index contributed by atoms with van der Waals surface area (Å²) in [6, 6.07) is 7.28. The minimum absolute atomic E-state index is 0.182. The summed E-state index contributed by atoms with van der Waals surface area (Å²) in [6.07, 6.45) is 7.02. The van der Waals surface area contributed by atoms with Gasteiger partial charge in [-0.25, -0.2) is 4.98 Å². The largest absolute Gasteiger partial charge is 0.490 e. The Hall–Kier alpha value is -1.92. The summed E-state index contributed by atoms with van der Waals surface area (Å²) in [6.45, 7) is 3.52. The molecule has 26 heavy (non-hydrogen) atoms. The van der Waals surface area contributed by atoms with Crippen molar-refractivity contribution in [1.29, 1.82) is 0 Å². The molecule has 2 aromatic rings. The fourth-order valence-corrected chi connectivity index (χ4v) is 4.10. The number of aryl methyl sites for hydroxylation is 2. The number of amides is 1. The van der Waals surface area contributed by atoms with Crippen molar-refractivity contribution in [3.63, 3.8) is 0 Å². The van der Waals surface area contributed by atoms with Crippen molar-refractivity contribution in [3.8, 4) is 5.75 Å². The van der Waals surface area contributed by atoms with Crippen molar-refractivity contribution < 1.29 is 14.3 Å². The quantitative estimate of drug-likeness (QED) is 0.727. The van der Waals surface area contributed by atoms with Crippen LogP contribution in [0.15, 0.2) is 24.3 Å². The number of rotatable bonds is 7. The second-order valence-corrected chi connectivity index (χ2v) is 7.38. The van der Waals surface area contributed by atoms with Gasteiger partial charge in [0.1, 0.15) is 12.4 Å². The molecule has 1 aromatic carbocycles. The molecule has 0 saturated heterocycles. The van der Waals surface area contributed by atoms with E-state index in [0.29, 0.717) is 36.3 Å². The zero-order valence-electron chi connectivity index (χ0n) is 15.3. The number of carbonyl (C=O) groups is 1. The maximum atomic E-state index is 12.7. The van der Waals surface area contributed by atoms with Crippen molar-refractivity contribution >= 4 is 22.4 Å². The van der Waals surface area contributed by atoms with Crippen molar-refractivity contribution in [2.24, 2.45) is 0 Å². The van der Waals surface area contributed by atoms with E-state index in [9.17, 15) is 4.79 Å². The minimum Gasteiger partial charge on any atom is -0.490 e. The molecule has 140 valence electrons. The Balaban J connectivity index is 1.67. The number of ether oxygens (including phenoxy) is 2. The number of hydrogen-bond acceptors (Lipinski definition) is 5. The zero-order chi connectivity index (χ0) is 18.2. The summed E-state index contributed by atoms with van der Waals surface area (Å²) < 4.78 is 11.0. The number of carbonyl (C=O) groups excluding carboxylic acids is 1. The van der Waals surface area contributed by atoms with E-state index in [-0.39, 0.29) is 5.91 Å². The molecule has 0 bridgehead atoms. The zero-order valence-corrected chi connectivity index (χ0v) is 16.1. The highest BCUT2D eigenvalue weighted by molar-refractivity contribution is 7.15. The van der Waals surface area contributed by atoms with Gasteiger partial charge in [0.05, 0.1) is 17.9 Å². The minimum atomic E-state index is -0.182. The molecular formula is C20H26N2O3S. The average molecular weight is 375 g/mol. The molecule has 0 saturated carbocycles. The SMILES string of the molecule is CCOCCOc1ccccc1C(=O)Nc1nc2c(s1)CCCCCC2. The second kappa shape index (κ2) is 9.69. The normalized spacial score (nSPS) is 14.2. The first-order valence-corrected chi connectivity index (χ1v) is 10.2. The van der Waals surface area contributed by atoms with Crippen molar-refractivity contribution in [1.82, 2.24) is 4.98 Å². The standard InChI is InChI=1S/C20H26N2O3S/c1-2-24-13-14-25-17-11-8-7-9-15(17)19(23)22-20-21-16-10-5-3-4-6-12-18(16)26-20/h7-9,11H,2-6,10,12-14H2,1H3,(H,21,22,23). The van der Waals surface area contributed by atoms with Crippen LogP contribution in [0, 0.1) is 0 Å². The molecule has 0 radical (unpaired) electrons. The van der Waals surface area contributed by atoms with E-state index in [1.54, 1.807) is 17.4 Å². The van der Waals surface area contributed by atoms with Crippen LogP contribution < -0.4 is 10.1 Å². The lowest BCUT2D eigenvalue weighted by Crippen LogP contribution is -2.15. The Morgan fingerprint density at radius 1 is 1.15 bits per heavy atom. The molecule has 0 aliphatic heterocycles. The maximum Gasteiger partial charge on any atom is 0.261 e. The van der Waals surface area contributed by atoms with Crippen LogP contribution in [0.1, 0.15) is 53.5 Å². The summed E-state index contributed by atoms with van der Waals surface area (Å²) in [5.74, 6) is 0.387. The Morgan fingerprint density at radius 3 is 2.81 bits per heavy atom. The van der Waals surface area contributed by atoms with E-state index >= 15 is 0 Å². The topological polar surface area (TPSA) is 60.5 Å². The molecule has 0 spiro atoms. The first-order chi connectivity index (χ1) is 12.8. The lowest BCUT2D eigenvalue weighted by molar-refractivity contribution is 0.0998. The van der Waals surface area contributed by atoms with Crippen LogP contribution in [-0.4, -0.2) is 30.7 Å². The monoisotopic (exact) mass is 374 g/mol. The Labute approximate surface area is 158 Å². The first kappa shape index (κ1) is 18.9. The molecule has 5 nitrogen and oxygen atoms in total. The van der Waals surface area contributed by atoms with Crippen LogP contribution in [0.5, 0.6) is 5.75 Å². The highest BCUT2D eigenvalue weighted by Crippen LogP contribution is 2.29. The molecule has 1 heterocycles. The van der Waals surface area contributed by atoms with Gasteiger partial charge in [-0.15, -0.1) is 11.3 Å². The number of thiazole rings is 1. The summed E-state index contributed by atoms with van der Waals surface area (Å²) in [5.41, 5.74) is 1.68. The summed E-state index contributed by atoms with van der Waals surface area (Å²) in [5, 5.41) is 3.64. The van der Waals surface area contributed by atoms with E-state index in [1.807, 2.05) is 25.1 Å². The summed E-state index contributed by atoms with van der Waals surface area (Å²) >= 11 is 1.61. The lowest BCUT2D eigenvalue weighted by atomic mass is 10.0. The van der Waals surface area contributed by atoms with E-state index < -0.39 is 0 Å². The smallest absolute Gasteiger partial charge is 0.261 e. The molecule has 1 aliphatic rings. The second-order valence-electron chi connectivity index (χ2n) is 6.30. The van der Waals surface area contributed by atoms with Crippen molar-refractivity contribution in [3.05, 3.63) is 40.4 Å². The number of aromatic nitrogens is 1. The Kier molecular flexibility index (Phi) is 7.03. The van der Waals surface area contributed by atoms with Crippen LogP contribution in [0.4, 0.5) is 5.13 Å². The number of anilines is 1. The van der Waals surface area contributed by atoms with Gasteiger partial charge in [-0.2, -0.15) is 0 Å². The maximum absolute atomic E-state index is 12.7.